The zero-order valence-corrected chi connectivity index (χ0v) is 15.6. The third-order valence-corrected chi connectivity index (χ3v) is 5.82. The molecule has 4 nitrogen and oxygen atoms in total. The summed E-state index contributed by atoms with van der Waals surface area (Å²) in [6.07, 6.45) is -4.46. The van der Waals surface area contributed by atoms with E-state index in [1.807, 2.05) is 36.4 Å². The summed E-state index contributed by atoms with van der Waals surface area (Å²) in [6, 6.07) is 18.4. The number of aliphatic imine (C=N–C) groups is 1. The number of nitrogens with one attached hydrogen (secondary N) is 1. The highest BCUT2D eigenvalue weighted by Crippen LogP contribution is 2.43. The van der Waals surface area contributed by atoms with Crippen molar-refractivity contribution in [1.82, 2.24) is 9.88 Å². The van der Waals surface area contributed by atoms with Crippen LogP contribution in [0, 0.1) is 0 Å². The molecule has 1 saturated heterocycles. The van der Waals surface area contributed by atoms with Gasteiger partial charge in [0.25, 0.3) is 0 Å². The largest absolute Gasteiger partial charge is 0.437 e. The summed E-state index contributed by atoms with van der Waals surface area (Å²) in [5.41, 5.74) is -0.650. The van der Waals surface area contributed by atoms with E-state index in [1.54, 1.807) is 24.3 Å². The maximum absolute atomic E-state index is 13.6. The topological polar surface area (TPSA) is 51.6 Å². The first kappa shape index (κ1) is 18.9. The van der Waals surface area contributed by atoms with E-state index in [-0.39, 0.29) is 11.7 Å². The van der Waals surface area contributed by atoms with Gasteiger partial charge >= 0.3 is 6.18 Å². The molecule has 2 heterocycles. The van der Waals surface area contributed by atoms with Crippen molar-refractivity contribution < 1.29 is 18.3 Å². The Hall–Kier alpha value is -2.45. The molecule has 2 N–H and O–H groups in total. The van der Waals surface area contributed by atoms with Gasteiger partial charge in [-0.1, -0.05) is 48.2 Å². The number of benzene rings is 2. The molecule has 0 radical (unpaired) electrons. The smallest absolute Gasteiger partial charge is 0.363 e. The van der Waals surface area contributed by atoms with Crippen LogP contribution in [0.5, 0.6) is 0 Å². The van der Waals surface area contributed by atoms with Gasteiger partial charge in [-0.05, 0) is 29.7 Å². The van der Waals surface area contributed by atoms with Gasteiger partial charge in [-0.2, -0.15) is 13.2 Å². The van der Waals surface area contributed by atoms with Crippen LogP contribution in [0.15, 0.2) is 65.7 Å². The quantitative estimate of drug-likeness (QED) is 0.662. The van der Waals surface area contributed by atoms with E-state index < -0.39 is 17.7 Å². The second kappa shape index (κ2) is 7.18. The number of hydrogen-bond acceptors (Lipinski definition) is 3. The van der Waals surface area contributed by atoms with Gasteiger partial charge in [-0.25, -0.2) is 4.99 Å². The lowest BCUT2D eigenvalue weighted by molar-refractivity contribution is -0.288. The second-order valence-corrected chi connectivity index (χ2v) is 7.56. The number of aromatic amines is 1. The molecular formula is C20H18F3N3OS. The fourth-order valence-corrected chi connectivity index (χ4v) is 4.42. The first-order valence-corrected chi connectivity index (χ1v) is 9.75. The van der Waals surface area contributed by atoms with Gasteiger partial charge in [0.05, 0.1) is 11.4 Å². The summed E-state index contributed by atoms with van der Waals surface area (Å²) in [7, 11) is 0. The summed E-state index contributed by atoms with van der Waals surface area (Å²) in [4.78, 5) is 8.52. The maximum Gasteiger partial charge on any atom is 0.437 e. The molecule has 0 bridgehead atoms. The number of fused-ring (bicyclic) bond motifs is 1. The van der Waals surface area contributed by atoms with E-state index in [9.17, 15) is 18.3 Å². The molecule has 28 heavy (non-hydrogen) atoms. The number of thioether (sulfide) groups is 1. The van der Waals surface area contributed by atoms with Crippen molar-refractivity contribution in [3.05, 3.63) is 66.4 Å². The van der Waals surface area contributed by atoms with Crippen molar-refractivity contribution in [2.45, 2.75) is 18.3 Å². The Balaban J connectivity index is 1.62. The molecular weight excluding hydrogens is 387 g/mol. The molecule has 1 unspecified atom stereocenters. The zero-order valence-electron chi connectivity index (χ0n) is 14.8. The number of aliphatic hydroxyl groups is 1. The summed E-state index contributed by atoms with van der Waals surface area (Å²) < 4.78 is 40.9. The van der Waals surface area contributed by atoms with E-state index in [4.69, 9.17) is 0 Å². The van der Waals surface area contributed by atoms with Crippen molar-refractivity contribution in [1.29, 1.82) is 0 Å². The number of aromatic nitrogens is 1. The normalized spacial score (nSPS) is 21.7. The highest BCUT2D eigenvalue weighted by molar-refractivity contribution is 8.14. The summed E-state index contributed by atoms with van der Waals surface area (Å²) in [5.74, 6) is -0.505. The number of alkyl halides is 3. The predicted molar refractivity (Wildman–Crippen MR) is 106 cm³/mol. The zero-order chi connectivity index (χ0) is 19.8. The minimum atomic E-state index is -4.78. The Morgan fingerprint density at radius 1 is 1.11 bits per heavy atom. The molecule has 1 atom stereocenters. The number of nitrogens with zero attached hydrogens (tertiary/aromatic N) is 2. The molecule has 4 rings (SSSR count). The second-order valence-electron chi connectivity index (χ2n) is 6.62. The molecule has 2 aromatic carbocycles. The third kappa shape index (κ3) is 3.49. The molecule has 3 aromatic rings. The minimum absolute atomic E-state index is 0.0124. The van der Waals surface area contributed by atoms with Crippen LogP contribution < -0.4 is 0 Å². The van der Waals surface area contributed by atoms with Gasteiger partial charge in [0, 0.05) is 24.2 Å². The average molecular weight is 405 g/mol. The van der Waals surface area contributed by atoms with Gasteiger partial charge in [-0.15, -0.1) is 0 Å². The lowest BCUT2D eigenvalue weighted by atomic mass is 10.2. The van der Waals surface area contributed by atoms with Crippen molar-refractivity contribution in [2.24, 2.45) is 4.99 Å². The van der Waals surface area contributed by atoms with Crippen LogP contribution in [0.4, 0.5) is 18.9 Å². The Bertz CT molecular complexity index is 970. The first-order valence-electron chi connectivity index (χ1n) is 8.77. The number of H-pyrrole nitrogens is 1. The number of hydrogen-bond donors (Lipinski definition) is 2. The first-order chi connectivity index (χ1) is 13.4. The lowest BCUT2D eigenvalue weighted by Crippen LogP contribution is -2.58. The van der Waals surface area contributed by atoms with E-state index >= 15 is 0 Å². The number of halogens is 3. The molecule has 1 aliphatic rings. The van der Waals surface area contributed by atoms with Crippen molar-refractivity contribution in [2.75, 3.05) is 12.3 Å². The third-order valence-electron chi connectivity index (χ3n) is 4.71. The molecule has 8 heteroatoms. The SMILES string of the molecule is OC1(C(F)(F)F)CSC(=Nc2ccccc2)N1CCc1cc2ccccc2[nH]1. The summed E-state index contributed by atoms with van der Waals surface area (Å²) in [6.45, 7) is -0.0124. The van der Waals surface area contributed by atoms with Crippen molar-refractivity contribution in [3.63, 3.8) is 0 Å². The van der Waals surface area contributed by atoms with Gasteiger partial charge in [-0.3, -0.25) is 0 Å². The average Bonchev–Trinajstić information content (AvgIpc) is 3.22. The fourth-order valence-electron chi connectivity index (χ4n) is 3.20. The Labute approximate surface area is 164 Å². The van der Waals surface area contributed by atoms with Gasteiger partial charge in [0.2, 0.25) is 5.72 Å². The Morgan fingerprint density at radius 3 is 2.54 bits per heavy atom. The highest BCUT2D eigenvalue weighted by atomic mass is 32.2. The highest BCUT2D eigenvalue weighted by Gasteiger charge is 2.62. The van der Waals surface area contributed by atoms with E-state index in [0.717, 1.165) is 33.3 Å². The van der Waals surface area contributed by atoms with Crippen LogP contribution in [0.1, 0.15) is 5.69 Å². The van der Waals surface area contributed by atoms with Gasteiger partial charge < -0.3 is 15.0 Å². The molecule has 0 spiro atoms. The molecule has 0 amide bonds. The van der Waals surface area contributed by atoms with Crippen LogP contribution >= 0.6 is 11.8 Å². The molecule has 0 aliphatic carbocycles. The summed E-state index contributed by atoms with van der Waals surface area (Å²) in [5, 5.41) is 11.6. The van der Waals surface area contributed by atoms with Crippen molar-refractivity contribution >= 4 is 33.5 Å². The van der Waals surface area contributed by atoms with E-state index in [1.165, 1.54) is 0 Å². The van der Waals surface area contributed by atoms with Crippen LogP contribution in [-0.4, -0.2) is 44.4 Å². The molecule has 1 aliphatic heterocycles. The van der Waals surface area contributed by atoms with E-state index in [2.05, 4.69) is 9.98 Å². The predicted octanol–water partition coefficient (Wildman–Crippen LogP) is 4.70. The Kier molecular flexibility index (Phi) is 4.84. The maximum atomic E-state index is 13.6. The van der Waals surface area contributed by atoms with Crippen LogP contribution in [0.25, 0.3) is 10.9 Å². The molecule has 0 saturated carbocycles. The van der Waals surface area contributed by atoms with Crippen LogP contribution in [0.3, 0.4) is 0 Å². The standard InChI is InChI=1S/C20H18F3N3OS/c21-20(22,23)19(27)13-28-18(25-15-7-2-1-3-8-15)26(19)11-10-16-12-14-6-4-5-9-17(14)24-16/h1-9,12,24,27H,10-11,13H2. The molecule has 1 aromatic heterocycles. The monoisotopic (exact) mass is 405 g/mol. The lowest BCUT2D eigenvalue weighted by Gasteiger charge is -2.35. The Morgan fingerprint density at radius 2 is 1.82 bits per heavy atom. The van der Waals surface area contributed by atoms with Gasteiger partial charge in [0.1, 0.15) is 0 Å². The van der Waals surface area contributed by atoms with E-state index in [0.29, 0.717) is 12.1 Å². The minimum Gasteiger partial charge on any atom is -0.363 e. The van der Waals surface area contributed by atoms with Gasteiger partial charge in [0.15, 0.2) is 5.17 Å². The van der Waals surface area contributed by atoms with Crippen LogP contribution in [-0.2, 0) is 6.42 Å². The van der Waals surface area contributed by atoms with Crippen molar-refractivity contribution in [3.8, 4) is 0 Å². The summed E-state index contributed by atoms with van der Waals surface area (Å²) >= 11 is 0.915. The number of rotatable bonds is 4. The molecule has 1 fully saturated rings. The van der Waals surface area contributed by atoms with Crippen LogP contribution in [0.2, 0.25) is 0 Å². The number of para-hydroxylation sites is 2. The molecule has 146 valence electrons. The fraction of sp³-hybridized carbons (Fsp3) is 0.250. The number of amidine groups is 1.